The van der Waals surface area contributed by atoms with Crippen LogP contribution in [0.4, 0.5) is 11.7 Å². The molecule has 2 unspecified atom stereocenters. The predicted molar refractivity (Wildman–Crippen MR) is 75.6 cm³/mol. The van der Waals surface area contributed by atoms with Crippen LogP contribution < -0.4 is 11.1 Å². The fourth-order valence-electron chi connectivity index (χ4n) is 2.04. The number of oxazole rings is 1. The lowest BCUT2D eigenvalue weighted by Crippen LogP contribution is -2.18. The fourth-order valence-corrected chi connectivity index (χ4v) is 2.04. The van der Waals surface area contributed by atoms with Crippen molar-refractivity contribution in [2.75, 3.05) is 11.1 Å². The molecule has 4 nitrogen and oxygen atoms in total. The molecule has 4 heteroatoms. The van der Waals surface area contributed by atoms with E-state index in [1.54, 1.807) is 6.07 Å². The van der Waals surface area contributed by atoms with Gasteiger partial charge < -0.3 is 15.5 Å². The number of fused-ring (bicyclic) bond motifs is 1. The maximum Gasteiger partial charge on any atom is 0.295 e. The van der Waals surface area contributed by atoms with Gasteiger partial charge in [-0.05, 0) is 31.4 Å². The molecule has 0 amide bonds. The first-order chi connectivity index (χ1) is 8.58. The Morgan fingerprint density at radius 1 is 1.39 bits per heavy atom. The van der Waals surface area contributed by atoms with Crippen molar-refractivity contribution in [3.63, 3.8) is 0 Å². The van der Waals surface area contributed by atoms with Crippen LogP contribution in [0.25, 0.3) is 11.1 Å². The summed E-state index contributed by atoms with van der Waals surface area (Å²) in [5, 5.41) is 3.30. The Morgan fingerprint density at radius 2 is 2.17 bits per heavy atom. The zero-order chi connectivity index (χ0) is 13.1. The lowest BCUT2D eigenvalue weighted by atomic mass is 10.0. The summed E-state index contributed by atoms with van der Waals surface area (Å²) in [6.45, 7) is 6.61. The maximum atomic E-state index is 5.71. The Labute approximate surface area is 108 Å². The van der Waals surface area contributed by atoms with Crippen molar-refractivity contribution in [1.29, 1.82) is 0 Å². The van der Waals surface area contributed by atoms with Crippen LogP contribution in [0.3, 0.4) is 0 Å². The van der Waals surface area contributed by atoms with Crippen molar-refractivity contribution in [2.24, 2.45) is 5.92 Å². The predicted octanol–water partition coefficient (Wildman–Crippen LogP) is 3.65. The standard InChI is InChI=1S/C14H21N3O/c1-4-9(2)7-10(3)16-14-17-12-6-5-11(15)8-13(12)18-14/h5-6,8-10H,4,7,15H2,1-3H3,(H,16,17). The van der Waals surface area contributed by atoms with Crippen molar-refractivity contribution >= 4 is 22.8 Å². The number of nitrogens with one attached hydrogen (secondary N) is 1. The molecule has 0 saturated heterocycles. The molecule has 2 atom stereocenters. The highest BCUT2D eigenvalue weighted by Crippen LogP contribution is 2.22. The zero-order valence-electron chi connectivity index (χ0n) is 11.2. The van der Waals surface area contributed by atoms with Crippen molar-refractivity contribution in [2.45, 2.75) is 39.7 Å². The number of nitrogens with zero attached hydrogens (tertiary/aromatic N) is 1. The molecule has 98 valence electrons. The van der Waals surface area contributed by atoms with Crippen LogP contribution in [0.15, 0.2) is 22.6 Å². The van der Waals surface area contributed by atoms with Crippen molar-refractivity contribution in [3.8, 4) is 0 Å². The van der Waals surface area contributed by atoms with Crippen LogP contribution in [0.1, 0.15) is 33.6 Å². The van der Waals surface area contributed by atoms with Gasteiger partial charge in [0.05, 0.1) is 0 Å². The second-order valence-electron chi connectivity index (χ2n) is 5.04. The molecule has 18 heavy (non-hydrogen) atoms. The fraction of sp³-hybridized carbons (Fsp3) is 0.500. The van der Waals surface area contributed by atoms with E-state index in [1.807, 2.05) is 12.1 Å². The Bertz CT molecular complexity index is 521. The number of nitrogens with two attached hydrogens (primary N) is 1. The number of hydrogen-bond acceptors (Lipinski definition) is 4. The van der Waals surface area contributed by atoms with Gasteiger partial charge in [0.2, 0.25) is 0 Å². The summed E-state index contributed by atoms with van der Waals surface area (Å²) >= 11 is 0. The van der Waals surface area contributed by atoms with E-state index in [0.717, 1.165) is 17.5 Å². The Hall–Kier alpha value is -1.71. The molecule has 0 radical (unpaired) electrons. The quantitative estimate of drug-likeness (QED) is 0.792. The lowest BCUT2D eigenvalue weighted by molar-refractivity contribution is 0.475. The number of aromatic nitrogens is 1. The third-order valence-electron chi connectivity index (χ3n) is 3.24. The Morgan fingerprint density at radius 3 is 2.89 bits per heavy atom. The van der Waals surface area contributed by atoms with Crippen molar-refractivity contribution < 1.29 is 4.42 Å². The molecule has 0 spiro atoms. The molecule has 0 bridgehead atoms. The molecule has 0 fully saturated rings. The third kappa shape index (κ3) is 2.94. The SMILES string of the molecule is CCC(C)CC(C)Nc1nc2ccc(N)cc2o1. The largest absolute Gasteiger partial charge is 0.423 e. The molecular formula is C14H21N3O. The topological polar surface area (TPSA) is 64.1 Å². The monoisotopic (exact) mass is 247 g/mol. The zero-order valence-corrected chi connectivity index (χ0v) is 11.2. The van der Waals surface area contributed by atoms with Crippen LogP contribution in [-0.4, -0.2) is 11.0 Å². The van der Waals surface area contributed by atoms with E-state index < -0.39 is 0 Å². The van der Waals surface area contributed by atoms with Gasteiger partial charge in [-0.2, -0.15) is 4.98 Å². The minimum atomic E-state index is 0.352. The third-order valence-corrected chi connectivity index (χ3v) is 3.24. The van der Waals surface area contributed by atoms with Crippen molar-refractivity contribution in [1.82, 2.24) is 4.98 Å². The average Bonchev–Trinajstić information content (AvgIpc) is 2.69. The number of nitrogen functional groups attached to an aromatic ring is 1. The molecular weight excluding hydrogens is 226 g/mol. The summed E-state index contributed by atoms with van der Waals surface area (Å²) in [6.07, 6.45) is 2.30. The van der Waals surface area contributed by atoms with Crippen LogP contribution in [-0.2, 0) is 0 Å². The molecule has 1 aromatic carbocycles. The molecule has 2 aromatic rings. The number of hydrogen-bond donors (Lipinski definition) is 2. The normalized spacial score (nSPS) is 14.6. The van der Waals surface area contributed by atoms with Gasteiger partial charge >= 0.3 is 0 Å². The van der Waals surface area contributed by atoms with E-state index in [9.17, 15) is 0 Å². The molecule has 0 aliphatic heterocycles. The van der Waals surface area contributed by atoms with E-state index in [1.165, 1.54) is 6.42 Å². The lowest BCUT2D eigenvalue weighted by Gasteiger charge is -2.15. The summed E-state index contributed by atoms with van der Waals surface area (Å²) in [5.41, 5.74) is 7.97. The van der Waals surface area contributed by atoms with Gasteiger partial charge in [0.25, 0.3) is 6.01 Å². The van der Waals surface area contributed by atoms with E-state index in [-0.39, 0.29) is 0 Å². The number of benzene rings is 1. The molecule has 1 aromatic heterocycles. The first kappa shape index (κ1) is 12.7. The Kier molecular flexibility index (Phi) is 3.75. The summed E-state index contributed by atoms with van der Waals surface area (Å²) in [5.74, 6) is 0.701. The van der Waals surface area contributed by atoms with E-state index in [0.29, 0.717) is 23.7 Å². The highest BCUT2D eigenvalue weighted by molar-refractivity contribution is 5.78. The summed E-state index contributed by atoms with van der Waals surface area (Å²) in [4.78, 5) is 4.39. The summed E-state index contributed by atoms with van der Waals surface area (Å²) in [6, 6.07) is 6.43. The molecule has 2 rings (SSSR count). The smallest absolute Gasteiger partial charge is 0.295 e. The molecule has 3 N–H and O–H groups in total. The van der Waals surface area contributed by atoms with E-state index >= 15 is 0 Å². The number of rotatable bonds is 5. The maximum absolute atomic E-state index is 5.71. The van der Waals surface area contributed by atoms with Crippen LogP contribution in [0, 0.1) is 5.92 Å². The van der Waals surface area contributed by atoms with E-state index in [2.05, 4.69) is 31.1 Å². The van der Waals surface area contributed by atoms with Crippen LogP contribution in [0.2, 0.25) is 0 Å². The highest BCUT2D eigenvalue weighted by Gasteiger charge is 2.11. The van der Waals surface area contributed by atoms with Crippen LogP contribution in [0.5, 0.6) is 0 Å². The number of anilines is 2. The van der Waals surface area contributed by atoms with Crippen LogP contribution >= 0.6 is 0 Å². The van der Waals surface area contributed by atoms with Gasteiger partial charge in [-0.3, -0.25) is 0 Å². The molecule has 1 heterocycles. The second-order valence-corrected chi connectivity index (χ2v) is 5.04. The van der Waals surface area contributed by atoms with Gasteiger partial charge in [-0.1, -0.05) is 20.3 Å². The minimum absolute atomic E-state index is 0.352. The minimum Gasteiger partial charge on any atom is -0.423 e. The second kappa shape index (κ2) is 5.29. The van der Waals surface area contributed by atoms with Gasteiger partial charge in [-0.25, -0.2) is 0 Å². The molecule has 0 saturated carbocycles. The van der Waals surface area contributed by atoms with Gasteiger partial charge in [0, 0.05) is 17.8 Å². The first-order valence-corrected chi connectivity index (χ1v) is 6.51. The first-order valence-electron chi connectivity index (χ1n) is 6.51. The van der Waals surface area contributed by atoms with Gasteiger partial charge in [0.1, 0.15) is 5.52 Å². The van der Waals surface area contributed by atoms with Crippen molar-refractivity contribution in [3.05, 3.63) is 18.2 Å². The average molecular weight is 247 g/mol. The van der Waals surface area contributed by atoms with Gasteiger partial charge in [0.15, 0.2) is 5.58 Å². The summed E-state index contributed by atoms with van der Waals surface area (Å²) in [7, 11) is 0. The summed E-state index contributed by atoms with van der Waals surface area (Å²) < 4.78 is 5.63. The van der Waals surface area contributed by atoms with E-state index in [4.69, 9.17) is 10.2 Å². The molecule has 0 aliphatic rings. The van der Waals surface area contributed by atoms with Gasteiger partial charge in [-0.15, -0.1) is 0 Å². The Balaban J connectivity index is 2.07. The highest BCUT2D eigenvalue weighted by atomic mass is 16.4. The molecule has 0 aliphatic carbocycles.